The van der Waals surface area contributed by atoms with E-state index in [2.05, 4.69) is 9.71 Å². The molecule has 1 heterocycles. The van der Waals surface area contributed by atoms with Gasteiger partial charge in [-0.25, -0.2) is 22.9 Å². The fourth-order valence-corrected chi connectivity index (χ4v) is 3.81. The van der Waals surface area contributed by atoms with E-state index in [0.717, 1.165) is 0 Å². The van der Waals surface area contributed by atoms with Gasteiger partial charge in [-0.1, -0.05) is 6.07 Å². The smallest absolute Gasteiger partial charge is 0.335 e. The Kier molecular flexibility index (Phi) is 4.40. The number of benzene rings is 1. The third kappa shape index (κ3) is 3.46. The van der Waals surface area contributed by atoms with Crippen molar-refractivity contribution in [2.75, 3.05) is 0 Å². The molecule has 6 nitrogen and oxygen atoms in total. The number of rotatable bonds is 5. The van der Waals surface area contributed by atoms with Crippen molar-refractivity contribution in [2.45, 2.75) is 25.3 Å². The monoisotopic (exact) mass is 326 g/mol. The summed E-state index contributed by atoms with van der Waals surface area (Å²) in [5.74, 6) is -1.15. The molecule has 1 aromatic heterocycles. The third-order valence-corrected chi connectivity index (χ3v) is 5.26. The van der Waals surface area contributed by atoms with E-state index in [0.29, 0.717) is 16.1 Å². The Balaban J connectivity index is 2.35. The van der Waals surface area contributed by atoms with Gasteiger partial charge in [0, 0.05) is 11.6 Å². The fourth-order valence-electron chi connectivity index (χ4n) is 1.93. The Hall–Kier alpha value is -1.77. The normalized spacial score (nSPS) is 11.5. The minimum Gasteiger partial charge on any atom is -0.478 e. The maximum Gasteiger partial charge on any atom is 0.335 e. The van der Waals surface area contributed by atoms with Gasteiger partial charge in [-0.3, -0.25) is 0 Å². The highest BCUT2D eigenvalue weighted by atomic mass is 32.2. The van der Waals surface area contributed by atoms with Gasteiger partial charge in [-0.15, -0.1) is 11.3 Å². The lowest BCUT2D eigenvalue weighted by atomic mass is 10.1. The van der Waals surface area contributed by atoms with E-state index < -0.39 is 16.0 Å². The van der Waals surface area contributed by atoms with E-state index in [1.165, 1.54) is 17.4 Å². The summed E-state index contributed by atoms with van der Waals surface area (Å²) in [6.07, 6.45) is 1.59. The van der Waals surface area contributed by atoms with E-state index in [9.17, 15) is 13.2 Å². The maximum absolute atomic E-state index is 12.3. The summed E-state index contributed by atoms with van der Waals surface area (Å²) in [6.45, 7) is 3.35. The van der Waals surface area contributed by atoms with Crippen LogP contribution in [0.1, 0.15) is 26.5 Å². The van der Waals surface area contributed by atoms with Crippen LogP contribution in [0.25, 0.3) is 0 Å². The molecule has 0 unspecified atom stereocenters. The Bertz CT molecular complexity index is 768. The van der Waals surface area contributed by atoms with Crippen LogP contribution in [0.15, 0.2) is 28.6 Å². The van der Waals surface area contributed by atoms with Gasteiger partial charge in [-0.2, -0.15) is 0 Å². The highest BCUT2D eigenvalue weighted by Crippen LogP contribution is 2.21. The van der Waals surface area contributed by atoms with E-state index in [1.807, 2.05) is 0 Å². The van der Waals surface area contributed by atoms with Gasteiger partial charge in [0.25, 0.3) is 0 Å². The molecule has 0 saturated carbocycles. The second-order valence-electron chi connectivity index (χ2n) is 4.49. The molecule has 8 heteroatoms. The molecule has 0 bridgehead atoms. The fraction of sp³-hybridized carbons (Fsp3) is 0.231. The molecule has 0 fully saturated rings. The predicted molar refractivity (Wildman–Crippen MR) is 79.0 cm³/mol. The van der Waals surface area contributed by atoms with E-state index in [1.54, 1.807) is 31.5 Å². The third-order valence-electron chi connectivity index (χ3n) is 2.94. The van der Waals surface area contributed by atoms with Gasteiger partial charge in [0.2, 0.25) is 10.0 Å². The number of hydrogen-bond acceptors (Lipinski definition) is 5. The second kappa shape index (κ2) is 5.92. The van der Waals surface area contributed by atoms with Gasteiger partial charge >= 0.3 is 5.97 Å². The Morgan fingerprint density at radius 1 is 1.33 bits per heavy atom. The molecule has 21 heavy (non-hydrogen) atoms. The number of hydrogen-bond donors (Lipinski definition) is 2. The van der Waals surface area contributed by atoms with Crippen LogP contribution in [0, 0.1) is 13.8 Å². The number of thiazole rings is 1. The van der Waals surface area contributed by atoms with Gasteiger partial charge in [0.05, 0.1) is 17.0 Å². The average Bonchev–Trinajstić information content (AvgIpc) is 2.88. The molecule has 0 amide bonds. The zero-order chi connectivity index (χ0) is 15.6. The molecule has 112 valence electrons. The Labute approximate surface area is 126 Å². The van der Waals surface area contributed by atoms with Crippen LogP contribution in [0.5, 0.6) is 0 Å². The highest BCUT2D eigenvalue weighted by molar-refractivity contribution is 7.89. The number of aromatic nitrogens is 1. The molecule has 0 atom stereocenters. The van der Waals surface area contributed by atoms with Crippen LogP contribution in [-0.2, 0) is 16.6 Å². The van der Waals surface area contributed by atoms with Crippen molar-refractivity contribution >= 4 is 27.3 Å². The van der Waals surface area contributed by atoms with Crippen molar-refractivity contribution in [1.82, 2.24) is 9.71 Å². The summed E-state index contributed by atoms with van der Waals surface area (Å²) in [7, 11) is -3.79. The second-order valence-corrected chi connectivity index (χ2v) is 7.20. The van der Waals surface area contributed by atoms with Gasteiger partial charge in [-0.05, 0) is 31.0 Å². The van der Waals surface area contributed by atoms with E-state index >= 15 is 0 Å². The number of sulfonamides is 1. The maximum atomic E-state index is 12.3. The quantitative estimate of drug-likeness (QED) is 0.875. The SMILES string of the molecule is Cc1cc(C)c(S(=O)(=O)NCc2nccs2)cc1C(=O)O. The minimum atomic E-state index is -3.79. The molecule has 2 aromatic rings. The van der Waals surface area contributed by atoms with Crippen molar-refractivity contribution in [1.29, 1.82) is 0 Å². The van der Waals surface area contributed by atoms with Gasteiger partial charge in [0.1, 0.15) is 5.01 Å². The molecule has 0 radical (unpaired) electrons. The first-order valence-electron chi connectivity index (χ1n) is 6.04. The number of aryl methyl sites for hydroxylation is 2. The van der Waals surface area contributed by atoms with Crippen molar-refractivity contribution < 1.29 is 18.3 Å². The number of nitrogens with zero attached hydrogens (tertiary/aromatic N) is 1. The molecule has 0 spiro atoms. The molecule has 0 aliphatic carbocycles. The van der Waals surface area contributed by atoms with Crippen molar-refractivity contribution in [3.05, 3.63) is 45.4 Å². The number of carbonyl (C=O) groups is 1. The van der Waals surface area contributed by atoms with Crippen molar-refractivity contribution in [3.8, 4) is 0 Å². The number of carboxylic acids is 1. The molecule has 2 rings (SSSR count). The van der Waals surface area contributed by atoms with Crippen LogP contribution >= 0.6 is 11.3 Å². The number of nitrogens with one attached hydrogen (secondary N) is 1. The summed E-state index contributed by atoms with van der Waals surface area (Å²) in [6, 6.07) is 2.75. The Morgan fingerprint density at radius 3 is 2.62 bits per heavy atom. The molecular formula is C13H14N2O4S2. The number of carboxylic acid groups (broad SMARTS) is 1. The highest BCUT2D eigenvalue weighted by Gasteiger charge is 2.20. The summed E-state index contributed by atoms with van der Waals surface area (Å²) < 4.78 is 27.0. The zero-order valence-corrected chi connectivity index (χ0v) is 13.1. The van der Waals surface area contributed by atoms with Crippen LogP contribution in [0.2, 0.25) is 0 Å². The lowest BCUT2D eigenvalue weighted by molar-refractivity contribution is 0.0696. The minimum absolute atomic E-state index is 0.0183. The number of aromatic carboxylic acids is 1. The lowest BCUT2D eigenvalue weighted by Crippen LogP contribution is -2.24. The first-order chi connectivity index (χ1) is 9.81. The van der Waals surface area contributed by atoms with Gasteiger partial charge < -0.3 is 5.11 Å². The van der Waals surface area contributed by atoms with Crippen LogP contribution in [-0.4, -0.2) is 24.5 Å². The van der Waals surface area contributed by atoms with Crippen LogP contribution in [0.4, 0.5) is 0 Å². The standard InChI is InChI=1S/C13H14N2O4S2/c1-8-5-9(2)11(6-10(8)13(16)17)21(18,19)15-7-12-14-3-4-20-12/h3-6,15H,7H2,1-2H3,(H,16,17). The zero-order valence-electron chi connectivity index (χ0n) is 11.5. The molecular weight excluding hydrogens is 312 g/mol. The molecule has 1 aromatic carbocycles. The Morgan fingerprint density at radius 2 is 2.05 bits per heavy atom. The molecule has 0 aliphatic heterocycles. The average molecular weight is 326 g/mol. The first kappa shape index (κ1) is 15.6. The summed E-state index contributed by atoms with van der Waals surface area (Å²) in [5.41, 5.74) is 1.01. The van der Waals surface area contributed by atoms with Crippen LogP contribution in [0.3, 0.4) is 0 Å². The van der Waals surface area contributed by atoms with E-state index in [4.69, 9.17) is 5.11 Å². The summed E-state index contributed by atoms with van der Waals surface area (Å²) in [4.78, 5) is 15.1. The van der Waals surface area contributed by atoms with Gasteiger partial charge in [0.15, 0.2) is 0 Å². The lowest BCUT2D eigenvalue weighted by Gasteiger charge is -2.11. The summed E-state index contributed by atoms with van der Waals surface area (Å²) in [5, 5.41) is 11.5. The first-order valence-corrected chi connectivity index (χ1v) is 8.40. The van der Waals surface area contributed by atoms with E-state index in [-0.39, 0.29) is 17.0 Å². The predicted octanol–water partition coefficient (Wildman–Crippen LogP) is 1.94. The van der Waals surface area contributed by atoms with Crippen LogP contribution < -0.4 is 4.72 Å². The summed E-state index contributed by atoms with van der Waals surface area (Å²) >= 11 is 1.34. The topological polar surface area (TPSA) is 96.4 Å². The molecule has 0 saturated heterocycles. The van der Waals surface area contributed by atoms with Crippen molar-refractivity contribution in [2.24, 2.45) is 0 Å². The van der Waals surface area contributed by atoms with Crippen molar-refractivity contribution in [3.63, 3.8) is 0 Å². The largest absolute Gasteiger partial charge is 0.478 e. The molecule has 2 N–H and O–H groups in total. The molecule has 0 aliphatic rings.